The molecule has 0 aliphatic carbocycles. The van der Waals surface area contributed by atoms with Gasteiger partial charge >= 0.3 is 0 Å². The molecule has 1 N–H and O–H groups in total. The Morgan fingerprint density at radius 3 is 2.62 bits per heavy atom. The number of hydrogen-bond acceptors (Lipinski definition) is 2. The third-order valence-corrected chi connectivity index (χ3v) is 1.80. The molecule has 0 heterocycles. The highest BCUT2D eigenvalue weighted by molar-refractivity contribution is 5.39. The maximum Gasteiger partial charge on any atom is 0.120 e. The van der Waals surface area contributed by atoms with E-state index < -0.39 is 0 Å². The van der Waals surface area contributed by atoms with Crippen molar-refractivity contribution in [2.24, 2.45) is 0 Å². The largest absolute Gasteiger partial charge is 0.508 e. The van der Waals surface area contributed by atoms with Gasteiger partial charge in [-0.1, -0.05) is 6.92 Å². The lowest BCUT2D eigenvalue weighted by Gasteiger charge is -2.11. The molecular weight excluding hydrogens is 164 g/mol. The third-order valence-electron chi connectivity index (χ3n) is 1.80. The zero-order valence-corrected chi connectivity index (χ0v) is 8.37. The molecule has 0 atom stereocenters. The van der Waals surface area contributed by atoms with Gasteiger partial charge in [-0.25, -0.2) is 0 Å². The van der Waals surface area contributed by atoms with Gasteiger partial charge in [-0.2, -0.15) is 0 Å². The molecule has 2 nitrogen and oxygen atoms in total. The number of rotatable bonds is 3. The highest BCUT2D eigenvalue weighted by Crippen LogP contribution is 2.23. The molecule has 0 aliphatic rings. The minimum atomic E-state index is 0.175. The molecular formula is C11H16O2. The first-order valence-electron chi connectivity index (χ1n) is 4.62. The van der Waals surface area contributed by atoms with Crippen molar-refractivity contribution in [2.75, 3.05) is 0 Å². The van der Waals surface area contributed by atoms with Gasteiger partial charge in [0.25, 0.3) is 0 Å². The standard InChI is InChI=1S/C11H16O2/c1-4-9-7-10(13-8(2)3)5-6-11(9)12/h5-8,12H,4H2,1-3H3. The molecule has 13 heavy (non-hydrogen) atoms. The van der Waals surface area contributed by atoms with Crippen LogP contribution in [0, 0.1) is 0 Å². The molecule has 0 saturated heterocycles. The van der Waals surface area contributed by atoms with Crippen LogP contribution in [-0.4, -0.2) is 11.2 Å². The fourth-order valence-electron chi connectivity index (χ4n) is 1.19. The van der Waals surface area contributed by atoms with Crippen molar-refractivity contribution in [1.82, 2.24) is 0 Å². The Hall–Kier alpha value is -1.18. The van der Waals surface area contributed by atoms with Gasteiger partial charge in [0.05, 0.1) is 6.10 Å². The molecule has 0 spiro atoms. The lowest BCUT2D eigenvalue weighted by Crippen LogP contribution is -2.05. The SMILES string of the molecule is CCc1cc(OC(C)C)ccc1O. The van der Waals surface area contributed by atoms with E-state index in [2.05, 4.69) is 0 Å². The van der Waals surface area contributed by atoms with Gasteiger partial charge in [0.15, 0.2) is 0 Å². The highest BCUT2D eigenvalue weighted by atomic mass is 16.5. The van der Waals surface area contributed by atoms with Gasteiger partial charge in [0, 0.05) is 0 Å². The van der Waals surface area contributed by atoms with Gasteiger partial charge in [-0.3, -0.25) is 0 Å². The van der Waals surface area contributed by atoms with Crippen LogP contribution in [-0.2, 0) is 6.42 Å². The summed E-state index contributed by atoms with van der Waals surface area (Å²) in [5.74, 6) is 1.17. The molecule has 0 aromatic heterocycles. The maximum atomic E-state index is 9.41. The first kappa shape index (κ1) is 9.90. The molecule has 1 aromatic carbocycles. The van der Waals surface area contributed by atoms with Crippen LogP contribution in [0.25, 0.3) is 0 Å². The molecule has 2 heteroatoms. The quantitative estimate of drug-likeness (QED) is 0.775. The summed E-state index contributed by atoms with van der Waals surface area (Å²) >= 11 is 0. The lowest BCUT2D eigenvalue weighted by atomic mass is 10.1. The van der Waals surface area contributed by atoms with Crippen LogP contribution in [0.3, 0.4) is 0 Å². The van der Waals surface area contributed by atoms with Crippen molar-refractivity contribution in [3.63, 3.8) is 0 Å². The summed E-state index contributed by atoms with van der Waals surface area (Å²) in [5, 5.41) is 9.41. The van der Waals surface area contributed by atoms with E-state index in [0.29, 0.717) is 5.75 Å². The van der Waals surface area contributed by atoms with E-state index in [9.17, 15) is 5.11 Å². The number of aromatic hydroxyl groups is 1. The van der Waals surface area contributed by atoms with Crippen molar-refractivity contribution < 1.29 is 9.84 Å². The Morgan fingerprint density at radius 1 is 1.38 bits per heavy atom. The van der Waals surface area contributed by atoms with Crippen LogP contribution < -0.4 is 4.74 Å². The smallest absolute Gasteiger partial charge is 0.120 e. The Balaban J connectivity index is 2.86. The molecule has 1 aromatic rings. The van der Waals surface area contributed by atoms with E-state index in [0.717, 1.165) is 17.7 Å². The van der Waals surface area contributed by atoms with Crippen LogP contribution in [0.5, 0.6) is 11.5 Å². The van der Waals surface area contributed by atoms with Crippen LogP contribution in [0.15, 0.2) is 18.2 Å². The molecule has 0 saturated carbocycles. The average molecular weight is 180 g/mol. The van der Waals surface area contributed by atoms with E-state index in [4.69, 9.17) is 4.74 Å². The summed E-state index contributed by atoms with van der Waals surface area (Å²) in [5.41, 5.74) is 0.929. The number of ether oxygens (including phenoxy) is 1. The van der Waals surface area contributed by atoms with Gasteiger partial charge in [-0.05, 0) is 44.0 Å². The summed E-state index contributed by atoms with van der Waals surface area (Å²) in [6.07, 6.45) is 0.996. The molecule has 0 radical (unpaired) electrons. The van der Waals surface area contributed by atoms with Crippen molar-refractivity contribution in [3.05, 3.63) is 23.8 Å². The Labute approximate surface area is 79.2 Å². The lowest BCUT2D eigenvalue weighted by molar-refractivity contribution is 0.242. The minimum Gasteiger partial charge on any atom is -0.508 e. The summed E-state index contributed by atoms with van der Waals surface area (Å²) in [6.45, 7) is 5.98. The van der Waals surface area contributed by atoms with Crippen LogP contribution in [0.2, 0.25) is 0 Å². The van der Waals surface area contributed by atoms with E-state index in [1.54, 1.807) is 12.1 Å². The Bertz CT molecular complexity index is 279. The fraction of sp³-hybridized carbons (Fsp3) is 0.455. The van der Waals surface area contributed by atoms with Crippen molar-refractivity contribution in [3.8, 4) is 11.5 Å². The zero-order chi connectivity index (χ0) is 9.84. The second-order valence-corrected chi connectivity index (χ2v) is 3.31. The number of hydrogen-bond donors (Lipinski definition) is 1. The van der Waals surface area contributed by atoms with E-state index in [-0.39, 0.29) is 6.10 Å². The van der Waals surface area contributed by atoms with Crippen LogP contribution in [0.1, 0.15) is 26.3 Å². The average Bonchev–Trinajstić information content (AvgIpc) is 2.07. The van der Waals surface area contributed by atoms with Gasteiger partial charge in [-0.15, -0.1) is 0 Å². The second kappa shape index (κ2) is 4.17. The number of aryl methyl sites for hydroxylation is 1. The zero-order valence-electron chi connectivity index (χ0n) is 8.37. The van der Waals surface area contributed by atoms with Gasteiger partial charge < -0.3 is 9.84 Å². The summed E-state index contributed by atoms with van der Waals surface area (Å²) in [7, 11) is 0. The van der Waals surface area contributed by atoms with Crippen LogP contribution in [0.4, 0.5) is 0 Å². The summed E-state index contributed by atoms with van der Waals surface area (Å²) in [6, 6.07) is 5.35. The van der Waals surface area contributed by atoms with Crippen molar-refractivity contribution in [2.45, 2.75) is 33.3 Å². The molecule has 0 fully saturated rings. The fourth-order valence-corrected chi connectivity index (χ4v) is 1.19. The van der Waals surface area contributed by atoms with Crippen molar-refractivity contribution in [1.29, 1.82) is 0 Å². The predicted molar refractivity (Wildman–Crippen MR) is 53.2 cm³/mol. The Morgan fingerprint density at radius 2 is 2.08 bits per heavy atom. The van der Waals surface area contributed by atoms with E-state index >= 15 is 0 Å². The summed E-state index contributed by atoms with van der Waals surface area (Å²) in [4.78, 5) is 0. The van der Waals surface area contributed by atoms with E-state index in [1.165, 1.54) is 0 Å². The number of phenolic OH excluding ortho intramolecular Hbond substituents is 1. The third kappa shape index (κ3) is 2.65. The first-order valence-corrected chi connectivity index (χ1v) is 4.62. The Kier molecular flexibility index (Phi) is 3.18. The highest BCUT2D eigenvalue weighted by Gasteiger charge is 2.02. The number of phenols is 1. The molecule has 1 rings (SSSR count). The minimum absolute atomic E-state index is 0.175. The summed E-state index contributed by atoms with van der Waals surface area (Å²) < 4.78 is 5.50. The molecule has 0 bridgehead atoms. The molecule has 0 amide bonds. The second-order valence-electron chi connectivity index (χ2n) is 3.31. The topological polar surface area (TPSA) is 29.5 Å². The van der Waals surface area contributed by atoms with E-state index in [1.807, 2.05) is 26.8 Å². The molecule has 0 aliphatic heterocycles. The molecule has 0 unspecified atom stereocenters. The predicted octanol–water partition coefficient (Wildman–Crippen LogP) is 2.74. The van der Waals surface area contributed by atoms with Crippen molar-refractivity contribution >= 4 is 0 Å². The van der Waals surface area contributed by atoms with Gasteiger partial charge in [0.1, 0.15) is 11.5 Å². The normalized spacial score (nSPS) is 10.5. The first-order chi connectivity index (χ1) is 6.13. The van der Waals surface area contributed by atoms with Gasteiger partial charge in [0.2, 0.25) is 0 Å². The number of benzene rings is 1. The monoisotopic (exact) mass is 180 g/mol. The van der Waals surface area contributed by atoms with Crippen LogP contribution >= 0.6 is 0 Å². The maximum absolute atomic E-state index is 9.41. The molecule has 72 valence electrons.